The Labute approximate surface area is 233 Å². The number of fused-ring (bicyclic) bond motifs is 5. The standard InChI is InChI=1S/C29H28O12/c1-36-18-7-6-15-17-11-38-19-10-14(39-29-23(33)21(31)22(32)27(41-29)28(34)35)9-16(12-4-3-5-13(30)8-12)20(19)24(17)40-25(15)26(18)37-2/h3-10,17,21-24,27,29-33H,11H2,1-2H3,(H,34,35)/t17-,21-,22-,23+,24-,27-,29-/m0/s1. The van der Waals surface area contributed by atoms with Gasteiger partial charge in [-0.05, 0) is 35.4 Å². The minimum atomic E-state index is -1.86. The van der Waals surface area contributed by atoms with Crippen LogP contribution in [0.15, 0.2) is 48.5 Å². The van der Waals surface area contributed by atoms with Gasteiger partial charge in [0.15, 0.2) is 17.6 Å². The Morgan fingerprint density at radius 1 is 0.976 bits per heavy atom. The van der Waals surface area contributed by atoms with E-state index in [2.05, 4.69) is 0 Å². The second kappa shape index (κ2) is 10.3. The molecule has 3 aromatic rings. The Balaban J connectivity index is 1.43. The highest BCUT2D eigenvalue weighted by Gasteiger charge is 2.49. The monoisotopic (exact) mass is 568 g/mol. The summed E-state index contributed by atoms with van der Waals surface area (Å²) in [5, 5.41) is 50.4. The molecule has 0 spiro atoms. The number of methoxy groups -OCH3 is 2. The minimum Gasteiger partial charge on any atom is -0.508 e. The number of aliphatic hydroxyl groups excluding tert-OH is 3. The fraction of sp³-hybridized carbons (Fsp3) is 0.345. The van der Waals surface area contributed by atoms with Crippen LogP contribution in [0.3, 0.4) is 0 Å². The normalized spacial score (nSPS) is 27.9. The highest BCUT2D eigenvalue weighted by molar-refractivity contribution is 5.76. The molecule has 0 saturated carbocycles. The third-order valence-corrected chi connectivity index (χ3v) is 7.58. The van der Waals surface area contributed by atoms with Gasteiger partial charge in [-0.25, -0.2) is 4.79 Å². The molecule has 41 heavy (non-hydrogen) atoms. The summed E-state index contributed by atoms with van der Waals surface area (Å²) in [4.78, 5) is 11.6. The summed E-state index contributed by atoms with van der Waals surface area (Å²) in [6.07, 6.45) is -9.38. The first-order valence-electron chi connectivity index (χ1n) is 12.8. The fourth-order valence-electron chi connectivity index (χ4n) is 5.59. The number of aliphatic carboxylic acids is 1. The molecule has 3 aromatic carbocycles. The minimum absolute atomic E-state index is 0.0188. The number of ether oxygens (including phenoxy) is 6. The first kappa shape index (κ1) is 27.0. The predicted octanol–water partition coefficient (Wildman–Crippen LogP) is 1.96. The SMILES string of the molecule is COc1ccc2c(c1OC)O[C@@H]1c3c(cc(O[C@H]4O[C@H](C(=O)O)[C@@H](O)[C@H](O)[C@H]4O)cc3-c3cccc(O)c3)OC[C@@H]21. The molecule has 3 aliphatic rings. The van der Waals surface area contributed by atoms with Crippen molar-refractivity contribution in [3.63, 3.8) is 0 Å². The largest absolute Gasteiger partial charge is 0.508 e. The number of rotatable bonds is 6. The molecule has 1 fully saturated rings. The molecule has 0 bridgehead atoms. The van der Waals surface area contributed by atoms with Crippen LogP contribution in [0.25, 0.3) is 11.1 Å². The summed E-state index contributed by atoms with van der Waals surface area (Å²) in [7, 11) is 3.07. The van der Waals surface area contributed by atoms with E-state index in [1.54, 1.807) is 36.4 Å². The molecule has 0 aliphatic carbocycles. The molecule has 7 atom stereocenters. The first-order valence-corrected chi connectivity index (χ1v) is 12.8. The maximum Gasteiger partial charge on any atom is 0.335 e. The average Bonchev–Trinajstić information content (AvgIpc) is 3.35. The van der Waals surface area contributed by atoms with E-state index in [4.69, 9.17) is 28.4 Å². The van der Waals surface area contributed by atoms with E-state index in [0.717, 1.165) is 5.56 Å². The zero-order valence-electron chi connectivity index (χ0n) is 22.0. The van der Waals surface area contributed by atoms with E-state index in [0.29, 0.717) is 39.7 Å². The zero-order chi connectivity index (χ0) is 29.0. The van der Waals surface area contributed by atoms with Crippen molar-refractivity contribution in [1.82, 2.24) is 0 Å². The predicted molar refractivity (Wildman–Crippen MR) is 140 cm³/mol. The van der Waals surface area contributed by atoms with Crippen molar-refractivity contribution in [1.29, 1.82) is 0 Å². The van der Waals surface area contributed by atoms with Gasteiger partial charge in [0, 0.05) is 17.2 Å². The number of carboxylic acids is 1. The Bertz CT molecular complexity index is 1490. The molecule has 0 unspecified atom stereocenters. The lowest BCUT2D eigenvalue weighted by Crippen LogP contribution is -2.61. The molecule has 1 saturated heterocycles. The number of phenols is 1. The van der Waals surface area contributed by atoms with Gasteiger partial charge in [0.05, 0.1) is 26.7 Å². The van der Waals surface area contributed by atoms with Crippen molar-refractivity contribution in [2.75, 3.05) is 20.8 Å². The number of hydrogen-bond acceptors (Lipinski definition) is 11. The van der Waals surface area contributed by atoms with Gasteiger partial charge in [-0.15, -0.1) is 0 Å². The zero-order valence-corrected chi connectivity index (χ0v) is 22.0. The Morgan fingerprint density at radius 3 is 2.49 bits per heavy atom. The molecular formula is C29H28O12. The first-order chi connectivity index (χ1) is 19.7. The Hall–Kier alpha value is -4.23. The van der Waals surface area contributed by atoms with E-state index >= 15 is 0 Å². The fourth-order valence-corrected chi connectivity index (χ4v) is 5.59. The van der Waals surface area contributed by atoms with E-state index in [9.17, 15) is 30.3 Å². The summed E-state index contributed by atoms with van der Waals surface area (Å²) in [6.45, 7) is 0.248. The van der Waals surface area contributed by atoms with Gasteiger partial charge in [-0.3, -0.25) is 0 Å². The van der Waals surface area contributed by atoms with E-state index in [1.165, 1.54) is 20.3 Å². The second-order valence-corrected chi connectivity index (χ2v) is 9.96. The van der Waals surface area contributed by atoms with E-state index < -0.39 is 42.8 Å². The lowest BCUT2D eigenvalue weighted by atomic mass is 9.85. The highest BCUT2D eigenvalue weighted by atomic mass is 16.7. The molecule has 216 valence electrons. The average molecular weight is 569 g/mol. The summed E-state index contributed by atoms with van der Waals surface area (Å²) in [5.41, 5.74) is 2.72. The lowest BCUT2D eigenvalue weighted by Gasteiger charge is -2.38. The number of aliphatic hydroxyl groups is 3. The molecule has 12 nitrogen and oxygen atoms in total. The van der Waals surface area contributed by atoms with Gasteiger partial charge in [0.25, 0.3) is 0 Å². The van der Waals surface area contributed by atoms with Gasteiger partial charge in [0.2, 0.25) is 12.0 Å². The smallest absolute Gasteiger partial charge is 0.335 e. The van der Waals surface area contributed by atoms with Crippen LogP contribution in [0.5, 0.6) is 34.5 Å². The van der Waals surface area contributed by atoms with Crippen molar-refractivity contribution >= 4 is 5.97 Å². The van der Waals surface area contributed by atoms with Crippen molar-refractivity contribution in [2.24, 2.45) is 0 Å². The van der Waals surface area contributed by atoms with E-state index in [1.807, 2.05) is 6.07 Å². The molecule has 12 heteroatoms. The topological polar surface area (TPSA) is 174 Å². The van der Waals surface area contributed by atoms with Crippen molar-refractivity contribution < 1.29 is 58.7 Å². The van der Waals surface area contributed by atoms with Gasteiger partial charge in [-0.1, -0.05) is 18.2 Å². The van der Waals surface area contributed by atoms with Crippen LogP contribution < -0.4 is 23.7 Å². The van der Waals surface area contributed by atoms with Crippen LogP contribution in [0.2, 0.25) is 0 Å². The number of phenolic OH excluding ortho intramolecular Hbond substituents is 1. The van der Waals surface area contributed by atoms with Crippen LogP contribution in [0, 0.1) is 0 Å². The number of benzene rings is 3. The molecule has 6 rings (SSSR count). The summed E-state index contributed by atoms with van der Waals surface area (Å²) < 4.78 is 34.9. The highest BCUT2D eigenvalue weighted by Crippen LogP contribution is 2.58. The molecular weight excluding hydrogens is 540 g/mol. The summed E-state index contributed by atoms with van der Waals surface area (Å²) >= 11 is 0. The van der Waals surface area contributed by atoms with E-state index in [-0.39, 0.29) is 24.0 Å². The number of aromatic hydroxyl groups is 1. The molecule has 3 heterocycles. The molecule has 3 aliphatic heterocycles. The molecule has 0 amide bonds. The number of carbonyl (C=O) groups is 1. The third-order valence-electron chi connectivity index (χ3n) is 7.58. The summed E-state index contributed by atoms with van der Waals surface area (Å²) in [5.74, 6) is 0.308. The van der Waals surface area contributed by atoms with Crippen LogP contribution in [0.1, 0.15) is 23.1 Å². The van der Waals surface area contributed by atoms with Crippen LogP contribution in [-0.4, -0.2) is 83.0 Å². The van der Waals surface area contributed by atoms with Crippen molar-refractivity contribution in [2.45, 2.75) is 42.7 Å². The Kier molecular flexibility index (Phi) is 6.78. The van der Waals surface area contributed by atoms with Gasteiger partial charge in [-0.2, -0.15) is 0 Å². The molecule has 0 aromatic heterocycles. The van der Waals surface area contributed by atoms with Crippen molar-refractivity contribution in [3.8, 4) is 45.6 Å². The maximum atomic E-state index is 11.6. The van der Waals surface area contributed by atoms with Crippen LogP contribution in [0.4, 0.5) is 0 Å². The molecule has 5 N–H and O–H groups in total. The Morgan fingerprint density at radius 2 is 1.78 bits per heavy atom. The van der Waals surface area contributed by atoms with Gasteiger partial charge < -0.3 is 54.0 Å². The summed E-state index contributed by atoms with van der Waals surface area (Å²) in [6, 6.07) is 13.4. The number of hydrogen-bond donors (Lipinski definition) is 5. The van der Waals surface area contributed by atoms with Crippen molar-refractivity contribution in [3.05, 3.63) is 59.7 Å². The van der Waals surface area contributed by atoms with Crippen LogP contribution >= 0.6 is 0 Å². The second-order valence-electron chi connectivity index (χ2n) is 9.96. The van der Waals surface area contributed by atoms with Gasteiger partial charge in [0.1, 0.15) is 41.7 Å². The number of carboxylic acid groups (broad SMARTS) is 1. The van der Waals surface area contributed by atoms with Gasteiger partial charge >= 0.3 is 5.97 Å². The lowest BCUT2D eigenvalue weighted by molar-refractivity contribution is -0.271. The van der Waals surface area contributed by atoms with Crippen LogP contribution in [-0.2, 0) is 9.53 Å². The third kappa shape index (κ3) is 4.45. The maximum absolute atomic E-state index is 11.6. The molecule has 0 radical (unpaired) electrons. The quantitative estimate of drug-likeness (QED) is 0.293.